The molecule has 0 saturated carbocycles. The van der Waals surface area contributed by atoms with Gasteiger partial charge in [-0.1, -0.05) is 54.1 Å². The Kier molecular flexibility index (Phi) is 4.40. The summed E-state index contributed by atoms with van der Waals surface area (Å²) < 4.78 is 26.9. The molecule has 2 aliphatic heterocycles. The van der Waals surface area contributed by atoms with Crippen LogP contribution in [0.1, 0.15) is 22.3 Å². The van der Waals surface area contributed by atoms with E-state index in [0.717, 1.165) is 30.6 Å². The van der Waals surface area contributed by atoms with E-state index >= 15 is 0 Å². The number of hydrogen-bond donors (Lipinski definition) is 0. The Morgan fingerprint density at radius 2 is 1.80 bits per heavy atom. The Labute approximate surface area is 150 Å². The average molecular weight is 356 g/mol. The normalized spacial score (nSPS) is 19.4. The lowest BCUT2D eigenvalue weighted by molar-refractivity contribution is 0.0768. The minimum atomic E-state index is -3.22. The Morgan fingerprint density at radius 3 is 2.56 bits per heavy atom. The van der Waals surface area contributed by atoms with Crippen LogP contribution in [0.25, 0.3) is 0 Å². The molecule has 0 unspecified atom stereocenters. The number of nitrogens with zero attached hydrogens (tertiary/aromatic N) is 2. The maximum absolute atomic E-state index is 12.6. The Morgan fingerprint density at radius 1 is 1.04 bits per heavy atom. The van der Waals surface area contributed by atoms with Gasteiger partial charge in [-0.15, -0.1) is 0 Å². The van der Waals surface area contributed by atoms with E-state index in [0.29, 0.717) is 19.1 Å². The van der Waals surface area contributed by atoms with Crippen LogP contribution in [0.15, 0.2) is 48.5 Å². The van der Waals surface area contributed by atoms with Crippen molar-refractivity contribution in [3.05, 3.63) is 70.8 Å². The van der Waals surface area contributed by atoms with Gasteiger partial charge in [-0.25, -0.2) is 8.42 Å². The molecule has 0 bridgehead atoms. The quantitative estimate of drug-likeness (QED) is 0.845. The second-order valence-corrected chi connectivity index (χ2v) is 9.17. The van der Waals surface area contributed by atoms with E-state index in [4.69, 9.17) is 0 Å². The molecule has 132 valence electrons. The standard InChI is InChI=1S/C20H24N2O2S/c1-16-5-4-6-17(11-16)15-25(23,24)22-13-20(14-22)21-10-9-18-7-2-3-8-19(18)12-21/h2-8,11,20H,9-10,12-15H2,1H3. The van der Waals surface area contributed by atoms with Gasteiger partial charge in [-0.05, 0) is 30.0 Å². The third-order valence-corrected chi connectivity index (χ3v) is 7.11. The molecular weight excluding hydrogens is 332 g/mol. The fourth-order valence-corrected chi connectivity index (χ4v) is 5.39. The highest BCUT2D eigenvalue weighted by molar-refractivity contribution is 7.88. The van der Waals surface area contributed by atoms with Crippen molar-refractivity contribution >= 4 is 10.0 Å². The third-order valence-electron chi connectivity index (χ3n) is 5.33. The van der Waals surface area contributed by atoms with Crippen molar-refractivity contribution in [3.8, 4) is 0 Å². The van der Waals surface area contributed by atoms with Crippen molar-refractivity contribution in [2.24, 2.45) is 0 Å². The highest BCUT2D eigenvalue weighted by Gasteiger charge is 2.39. The molecule has 0 aliphatic carbocycles. The minimum Gasteiger partial charge on any atom is -0.293 e. The van der Waals surface area contributed by atoms with Crippen molar-refractivity contribution in [3.63, 3.8) is 0 Å². The van der Waals surface area contributed by atoms with Crippen LogP contribution in [-0.4, -0.2) is 43.3 Å². The summed E-state index contributed by atoms with van der Waals surface area (Å²) in [6.45, 7) is 5.19. The monoisotopic (exact) mass is 356 g/mol. The van der Waals surface area contributed by atoms with Crippen LogP contribution >= 0.6 is 0 Å². The van der Waals surface area contributed by atoms with Gasteiger partial charge in [0.25, 0.3) is 0 Å². The SMILES string of the molecule is Cc1cccc(CS(=O)(=O)N2CC(N3CCc4ccccc4C3)C2)c1. The number of fused-ring (bicyclic) bond motifs is 1. The summed E-state index contributed by atoms with van der Waals surface area (Å²) in [6.07, 6.45) is 1.06. The maximum atomic E-state index is 12.6. The first-order chi connectivity index (χ1) is 12.0. The highest BCUT2D eigenvalue weighted by atomic mass is 32.2. The van der Waals surface area contributed by atoms with E-state index in [9.17, 15) is 8.42 Å². The van der Waals surface area contributed by atoms with E-state index in [-0.39, 0.29) is 5.75 Å². The minimum absolute atomic E-state index is 0.101. The second kappa shape index (κ2) is 6.56. The number of hydrogen-bond acceptors (Lipinski definition) is 3. The van der Waals surface area contributed by atoms with Crippen molar-refractivity contribution in [2.75, 3.05) is 19.6 Å². The molecule has 0 spiro atoms. The van der Waals surface area contributed by atoms with Gasteiger partial charge in [0.15, 0.2) is 0 Å². The van der Waals surface area contributed by atoms with Gasteiger partial charge in [0, 0.05) is 32.2 Å². The molecule has 0 radical (unpaired) electrons. The topological polar surface area (TPSA) is 40.6 Å². The number of rotatable bonds is 4. The van der Waals surface area contributed by atoms with Gasteiger partial charge >= 0.3 is 0 Å². The number of sulfonamides is 1. The molecule has 0 N–H and O–H groups in total. The van der Waals surface area contributed by atoms with Crippen LogP contribution in [0.4, 0.5) is 0 Å². The zero-order valence-corrected chi connectivity index (χ0v) is 15.4. The molecule has 5 heteroatoms. The number of benzene rings is 2. The Balaban J connectivity index is 1.37. The molecule has 1 fully saturated rings. The summed E-state index contributed by atoms with van der Waals surface area (Å²) in [5.74, 6) is 0.101. The molecule has 0 amide bonds. The summed E-state index contributed by atoms with van der Waals surface area (Å²) >= 11 is 0. The molecule has 4 nitrogen and oxygen atoms in total. The molecule has 0 atom stereocenters. The molecule has 2 aromatic rings. The predicted molar refractivity (Wildman–Crippen MR) is 99.7 cm³/mol. The first-order valence-corrected chi connectivity index (χ1v) is 10.5. The molecule has 2 aromatic carbocycles. The molecule has 2 aliphatic rings. The predicted octanol–water partition coefficient (Wildman–Crippen LogP) is 2.57. The Bertz CT molecular complexity index is 873. The van der Waals surface area contributed by atoms with Crippen LogP contribution < -0.4 is 0 Å². The largest absolute Gasteiger partial charge is 0.293 e. The number of aryl methyl sites for hydroxylation is 1. The zero-order chi connectivity index (χ0) is 17.4. The van der Waals surface area contributed by atoms with E-state index in [2.05, 4.69) is 29.2 Å². The fraction of sp³-hybridized carbons (Fsp3) is 0.400. The van der Waals surface area contributed by atoms with Crippen molar-refractivity contribution in [1.29, 1.82) is 0 Å². The summed E-state index contributed by atoms with van der Waals surface area (Å²) in [5, 5.41) is 0. The summed E-state index contributed by atoms with van der Waals surface area (Å²) in [4.78, 5) is 2.43. The lowest BCUT2D eigenvalue weighted by Gasteiger charge is -2.46. The first kappa shape index (κ1) is 16.8. The van der Waals surface area contributed by atoms with Gasteiger partial charge in [0.1, 0.15) is 0 Å². The average Bonchev–Trinajstić information content (AvgIpc) is 2.52. The smallest absolute Gasteiger partial charge is 0.218 e. The second-order valence-electron chi connectivity index (χ2n) is 7.21. The lowest BCUT2D eigenvalue weighted by atomic mass is 9.97. The lowest BCUT2D eigenvalue weighted by Crippen LogP contribution is -2.61. The van der Waals surface area contributed by atoms with Crippen molar-refractivity contribution in [1.82, 2.24) is 9.21 Å². The van der Waals surface area contributed by atoms with Crippen molar-refractivity contribution in [2.45, 2.75) is 31.7 Å². The fourth-order valence-electron chi connectivity index (χ4n) is 3.81. The molecule has 4 rings (SSSR count). The van der Waals surface area contributed by atoms with E-state index in [1.165, 1.54) is 11.1 Å². The van der Waals surface area contributed by atoms with Gasteiger partial charge in [0.2, 0.25) is 10.0 Å². The van der Waals surface area contributed by atoms with Crippen LogP contribution in [0.3, 0.4) is 0 Å². The van der Waals surface area contributed by atoms with Crippen molar-refractivity contribution < 1.29 is 8.42 Å². The van der Waals surface area contributed by atoms with E-state index < -0.39 is 10.0 Å². The maximum Gasteiger partial charge on any atom is 0.218 e. The summed E-state index contributed by atoms with van der Waals surface area (Å²) in [6, 6.07) is 16.7. The molecule has 0 aromatic heterocycles. The zero-order valence-electron chi connectivity index (χ0n) is 14.6. The summed E-state index contributed by atoms with van der Waals surface area (Å²) in [7, 11) is -3.22. The summed E-state index contributed by atoms with van der Waals surface area (Å²) in [5.41, 5.74) is 4.79. The van der Waals surface area contributed by atoms with Gasteiger partial charge in [-0.2, -0.15) is 4.31 Å². The van der Waals surface area contributed by atoms with Gasteiger partial charge in [-0.3, -0.25) is 4.90 Å². The van der Waals surface area contributed by atoms with E-state index in [1.807, 2.05) is 31.2 Å². The molecular formula is C20H24N2O2S. The highest BCUT2D eigenvalue weighted by Crippen LogP contribution is 2.26. The van der Waals surface area contributed by atoms with Gasteiger partial charge < -0.3 is 0 Å². The van der Waals surface area contributed by atoms with Crippen LogP contribution in [0.5, 0.6) is 0 Å². The Hall–Kier alpha value is -1.69. The van der Waals surface area contributed by atoms with Gasteiger partial charge in [0.05, 0.1) is 5.75 Å². The molecule has 2 heterocycles. The molecule has 1 saturated heterocycles. The van der Waals surface area contributed by atoms with Crippen LogP contribution in [-0.2, 0) is 28.7 Å². The third kappa shape index (κ3) is 3.50. The van der Waals surface area contributed by atoms with Crippen LogP contribution in [0, 0.1) is 6.92 Å². The molecule has 25 heavy (non-hydrogen) atoms. The van der Waals surface area contributed by atoms with Crippen LogP contribution in [0.2, 0.25) is 0 Å². The van der Waals surface area contributed by atoms with E-state index in [1.54, 1.807) is 4.31 Å². The first-order valence-electron chi connectivity index (χ1n) is 8.85.